The molecule has 1 unspecified atom stereocenters. The molecule has 1 amide bonds. The van der Waals surface area contributed by atoms with E-state index >= 15 is 0 Å². The van der Waals surface area contributed by atoms with Crippen molar-refractivity contribution in [2.24, 2.45) is 0 Å². The van der Waals surface area contributed by atoms with E-state index in [0.29, 0.717) is 16.7 Å². The van der Waals surface area contributed by atoms with Crippen LogP contribution < -0.4 is 10.6 Å². The number of oxazole rings is 1. The van der Waals surface area contributed by atoms with E-state index in [9.17, 15) is 4.79 Å². The van der Waals surface area contributed by atoms with Crippen molar-refractivity contribution in [3.8, 4) is 0 Å². The van der Waals surface area contributed by atoms with Crippen molar-refractivity contribution in [1.29, 1.82) is 0 Å². The van der Waals surface area contributed by atoms with E-state index in [1.54, 1.807) is 26.0 Å². The molecule has 1 atom stereocenters. The van der Waals surface area contributed by atoms with Gasteiger partial charge in [-0.05, 0) is 37.3 Å². The van der Waals surface area contributed by atoms with Crippen molar-refractivity contribution in [3.63, 3.8) is 0 Å². The third-order valence-corrected chi connectivity index (χ3v) is 3.47. The van der Waals surface area contributed by atoms with Crippen molar-refractivity contribution in [2.45, 2.75) is 19.9 Å². The second-order valence-electron chi connectivity index (χ2n) is 5.13. The summed E-state index contributed by atoms with van der Waals surface area (Å²) in [5.41, 5.74) is 2.26. The Bertz CT molecular complexity index is 845. The molecule has 0 bridgehead atoms. The van der Waals surface area contributed by atoms with E-state index < -0.39 is 6.04 Å². The van der Waals surface area contributed by atoms with Gasteiger partial charge in [-0.15, -0.1) is 0 Å². The molecule has 23 heavy (non-hydrogen) atoms. The van der Waals surface area contributed by atoms with E-state index in [1.165, 1.54) is 6.20 Å². The predicted molar refractivity (Wildman–Crippen MR) is 89.7 cm³/mol. The first-order valence-electron chi connectivity index (χ1n) is 7.07. The number of carbonyl (C=O) groups excluding carboxylic acids is 1. The lowest BCUT2D eigenvalue weighted by Gasteiger charge is -2.14. The monoisotopic (exact) mass is 330 g/mol. The summed E-state index contributed by atoms with van der Waals surface area (Å²) in [6.45, 7) is 3.56. The number of benzene rings is 1. The van der Waals surface area contributed by atoms with Crippen LogP contribution in [0.3, 0.4) is 0 Å². The van der Waals surface area contributed by atoms with Crippen LogP contribution in [0.2, 0.25) is 5.02 Å². The van der Waals surface area contributed by atoms with Crippen LogP contribution in [-0.2, 0) is 4.79 Å². The van der Waals surface area contributed by atoms with Gasteiger partial charge in [-0.3, -0.25) is 4.79 Å². The fourth-order valence-electron chi connectivity index (χ4n) is 2.13. The maximum absolute atomic E-state index is 12.2. The van der Waals surface area contributed by atoms with Gasteiger partial charge in [-0.2, -0.15) is 0 Å². The molecule has 0 aliphatic carbocycles. The molecule has 2 aromatic heterocycles. The molecule has 0 spiro atoms. The normalized spacial score (nSPS) is 12.1. The average Bonchev–Trinajstić information content (AvgIpc) is 2.88. The molecule has 3 aromatic rings. The van der Waals surface area contributed by atoms with Crippen LogP contribution in [0.1, 0.15) is 12.8 Å². The number of rotatable bonds is 4. The van der Waals surface area contributed by atoms with Crippen molar-refractivity contribution in [3.05, 3.63) is 47.4 Å². The molecule has 0 fully saturated rings. The number of aryl methyl sites for hydroxylation is 1. The lowest BCUT2D eigenvalue weighted by Crippen LogP contribution is -2.32. The molecule has 2 heterocycles. The fraction of sp³-hybridized carbons (Fsp3) is 0.188. The molecular formula is C16H15ClN4O2. The minimum absolute atomic E-state index is 0.198. The minimum atomic E-state index is -0.446. The summed E-state index contributed by atoms with van der Waals surface area (Å²) in [7, 11) is 0. The Kier molecular flexibility index (Phi) is 4.16. The lowest BCUT2D eigenvalue weighted by molar-refractivity contribution is -0.116. The Morgan fingerprint density at radius 2 is 2.13 bits per heavy atom. The van der Waals surface area contributed by atoms with Gasteiger partial charge in [-0.1, -0.05) is 11.6 Å². The summed E-state index contributed by atoms with van der Waals surface area (Å²) in [6.07, 6.45) is 1.48. The third-order valence-electron chi connectivity index (χ3n) is 3.25. The molecule has 7 heteroatoms. The number of nitrogens with zero attached hydrogens (tertiary/aromatic N) is 2. The maximum Gasteiger partial charge on any atom is 0.247 e. The number of amides is 1. The number of hydrogen-bond acceptors (Lipinski definition) is 5. The minimum Gasteiger partial charge on any atom is -0.441 e. The van der Waals surface area contributed by atoms with Crippen molar-refractivity contribution >= 4 is 40.1 Å². The number of hydrogen-bond donors (Lipinski definition) is 2. The number of nitrogens with one attached hydrogen (secondary N) is 2. The summed E-state index contributed by atoms with van der Waals surface area (Å²) >= 11 is 5.77. The highest BCUT2D eigenvalue weighted by atomic mass is 35.5. The molecule has 0 radical (unpaired) electrons. The fourth-order valence-corrected chi connectivity index (χ4v) is 2.24. The Labute approximate surface area is 137 Å². The molecule has 0 saturated carbocycles. The van der Waals surface area contributed by atoms with Crippen LogP contribution in [0.15, 0.2) is 40.9 Å². The number of aromatic nitrogens is 2. The van der Waals surface area contributed by atoms with Crippen LogP contribution in [-0.4, -0.2) is 21.9 Å². The first-order chi connectivity index (χ1) is 11.0. The molecule has 118 valence electrons. The van der Waals surface area contributed by atoms with Crippen LogP contribution in [0.5, 0.6) is 0 Å². The summed E-state index contributed by atoms with van der Waals surface area (Å²) in [6, 6.07) is 8.38. The van der Waals surface area contributed by atoms with Crippen molar-refractivity contribution < 1.29 is 9.21 Å². The highest BCUT2D eigenvalue weighted by molar-refractivity contribution is 6.30. The Balaban J connectivity index is 1.67. The summed E-state index contributed by atoms with van der Waals surface area (Å²) in [4.78, 5) is 20.5. The van der Waals surface area contributed by atoms with E-state index in [-0.39, 0.29) is 5.91 Å². The number of halogens is 1. The van der Waals surface area contributed by atoms with Gasteiger partial charge in [-0.25, -0.2) is 9.97 Å². The van der Waals surface area contributed by atoms with E-state index in [2.05, 4.69) is 20.6 Å². The Hall–Kier alpha value is -2.60. The Morgan fingerprint density at radius 3 is 2.87 bits per heavy atom. The predicted octanol–water partition coefficient (Wildman–Crippen LogP) is 3.62. The number of carbonyl (C=O) groups is 1. The van der Waals surface area contributed by atoms with Gasteiger partial charge in [0.2, 0.25) is 5.91 Å². The second-order valence-corrected chi connectivity index (χ2v) is 5.57. The average molecular weight is 331 g/mol. The third kappa shape index (κ3) is 3.60. The molecule has 1 aromatic carbocycles. The topological polar surface area (TPSA) is 80.0 Å². The molecule has 0 aliphatic heterocycles. The lowest BCUT2D eigenvalue weighted by atomic mass is 10.2. The quantitative estimate of drug-likeness (QED) is 0.763. The van der Waals surface area contributed by atoms with E-state index in [4.69, 9.17) is 16.0 Å². The van der Waals surface area contributed by atoms with Gasteiger partial charge >= 0.3 is 0 Å². The van der Waals surface area contributed by atoms with Crippen LogP contribution in [0.25, 0.3) is 11.1 Å². The Morgan fingerprint density at radius 1 is 1.30 bits per heavy atom. The number of fused-ring (bicyclic) bond motifs is 1. The molecular weight excluding hydrogens is 316 g/mol. The zero-order valence-electron chi connectivity index (χ0n) is 12.6. The summed E-state index contributed by atoms with van der Waals surface area (Å²) in [5, 5.41) is 6.37. The van der Waals surface area contributed by atoms with Gasteiger partial charge in [0.15, 0.2) is 11.5 Å². The molecule has 6 nitrogen and oxygen atoms in total. The van der Waals surface area contributed by atoms with E-state index in [0.717, 1.165) is 16.8 Å². The van der Waals surface area contributed by atoms with Gasteiger partial charge < -0.3 is 15.1 Å². The molecule has 0 saturated heterocycles. The van der Waals surface area contributed by atoms with Crippen LogP contribution in [0.4, 0.5) is 11.5 Å². The molecule has 3 rings (SSSR count). The second kappa shape index (κ2) is 6.26. The molecule has 0 aliphatic rings. The number of pyridine rings is 1. The summed E-state index contributed by atoms with van der Waals surface area (Å²) in [5.74, 6) is 0.864. The van der Waals surface area contributed by atoms with Crippen molar-refractivity contribution in [2.75, 3.05) is 10.6 Å². The first kappa shape index (κ1) is 15.3. The molecule has 2 N–H and O–H groups in total. The van der Waals surface area contributed by atoms with Gasteiger partial charge in [0, 0.05) is 18.8 Å². The highest BCUT2D eigenvalue weighted by Crippen LogP contribution is 2.20. The smallest absolute Gasteiger partial charge is 0.247 e. The first-order valence-corrected chi connectivity index (χ1v) is 7.45. The zero-order chi connectivity index (χ0) is 16.4. The maximum atomic E-state index is 12.2. The van der Waals surface area contributed by atoms with Crippen LogP contribution >= 0.6 is 11.6 Å². The van der Waals surface area contributed by atoms with E-state index in [1.807, 2.05) is 18.2 Å². The van der Waals surface area contributed by atoms with Gasteiger partial charge in [0.25, 0.3) is 0 Å². The van der Waals surface area contributed by atoms with Crippen molar-refractivity contribution in [1.82, 2.24) is 9.97 Å². The zero-order valence-corrected chi connectivity index (χ0v) is 13.4. The number of anilines is 2. The van der Waals surface area contributed by atoms with Gasteiger partial charge in [0.05, 0.1) is 5.02 Å². The SMILES string of the molecule is Cc1nc2cc(NC(C)C(=O)Nc3ccc(Cl)cn3)ccc2o1. The summed E-state index contributed by atoms with van der Waals surface area (Å²) < 4.78 is 5.43. The largest absolute Gasteiger partial charge is 0.441 e. The van der Waals surface area contributed by atoms with Gasteiger partial charge in [0.1, 0.15) is 17.4 Å². The van der Waals surface area contributed by atoms with Crippen LogP contribution in [0, 0.1) is 6.92 Å². The standard InChI is InChI=1S/C16H15ClN4O2/c1-9(16(22)21-15-6-3-11(17)8-18-15)19-12-4-5-14-13(7-12)20-10(2)23-14/h3-9,19H,1-2H3,(H,18,21,22). The highest BCUT2D eigenvalue weighted by Gasteiger charge is 2.14.